The molecule has 134 valence electrons. The number of aromatic nitrogens is 3. The third-order valence-corrected chi connectivity index (χ3v) is 5.38. The van der Waals surface area contributed by atoms with Crippen LogP contribution in [-0.2, 0) is 17.6 Å². The number of halogens is 1. The Labute approximate surface area is 151 Å². The van der Waals surface area contributed by atoms with Crippen LogP contribution < -0.4 is 4.90 Å². The molecule has 0 atom stereocenters. The highest BCUT2D eigenvalue weighted by Crippen LogP contribution is 2.36. The number of aryl methyl sites for hydroxylation is 2. The van der Waals surface area contributed by atoms with Gasteiger partial charge in [0.1, 0.15) is 11.6 Å². The van der Waals surface area contributed by atoms with Crippen LogP contribution in [0.4, 0.5) is 10.2 Å². The van der Waals surface area contributed by atoms with Crippen LogP contribution in [0.15, 0.2) is 24.3 Å². The molecule has 0 unspecified atom stereocenters. The Hall–Kier alpha value is -2.47. The number of rotatable bonds is 2. The van der Waals surface area contributed by atoms with Gasteiger partial charge in [-0.2, -0.15) is 9.61 Å². The van der Waals surface area contributed by atoms with E-state index < -0.39 is 0 Å². The largest absolute Gasteiger partial charge is 0.378 e. The molecule has 0 amide bonds. The average molecular weight is 352 g/mol. The number of anilines is 1. The molecule has 6 heteroatoms. The van der Waals surface area contributed by atoms with Crippen LogP contribution in [-0.4, -0.2) is 40.9 Å². The van der Waals surface area contributed by atoms with Crippen LogP contribution >= 0.6 is 0 Å². The summed E-state index contributed by atoms with van der Waals surface area (Å²) in [5, 5.41) is 4.84. The van der Waals surface area contributed by atoms with Gasteiger partial charge in [-0.15, -0.1) is 0 Å². The number of morpholine rings is 1. The maximum absolute atomic E-state index is 13.4. The molecule has 1 aliphatic heterocycles. The predicted octanol–water partition coefficient (Wildman–Crippen LogP) is 3.17. The summed E-state index contributed by atoms with van der Waals surface area (Å²) in [5.74, 6) is 0.938. The molecule has 0 radical (unpaired) electrons. The third-order valence-electron chi connectivity index (χ3n) is 5.38. The molecule has 0 bridgehead atoms. The van der Waals surface area contributed by atoms with Crippen LogP contribution in [0.25, 0.3) is 16.8 Å². The number of hydrogen-bond donors (Lipinski definition) is 0. The molecule has 0 saturated carbocycles. The van der Waals surface area contributed by atoms with Crippen molar-refractivity contribution in [3.8, 4) is 11.1 Å². The fraction of sp³-hybridized carbons (Fsp3) is 0.400. The van der Waals surface area contributed by atoms with Gasteiger partial charge in [0.25, 0.3) is 0 Å². The summed E-state index contributed by atoms with van der Waals surface area (Å²) in [4.78, 5) is 7.36. The van der Waals surface area contributed by atoms with E-state index in [2.05, 4.69) is 4.90 Å². The van der Waals surface area contributed by atoms with E-state index in [0.717, 1.165) is 68.0 Å². The van der Waals surface area contributed by atoms with E-state index in [-0.39, 0.29) is 5.82 Å². The Kier molecular flexibility index (Phi) is 3.67. The van der Waals surface area contributed by atoms with Gasteiger partial charge in [-0.3, -0.25) is 0 Å². The molecule has 3 aromatic rings. The molecule has 1 aromatic carbocycles. The minimum Gasteiger partial charge on any atom is -0.378 e. The van der Waals surface area contributed by atoms with Gasteiger partial charge in [0.05, 0.1) is 18.9 Å². The van der Waals surface area contributed by atoms with Crippen LogP contribution in [0.3, 0.4) is 0 Å². The molecule has 0 spiro atoms. The van der Waals surface area contributed by atoms with E-state index in [1.807, 2.05) is 23.6 Å². The van der Waals surface area contributed by atoms with Gasteiger partial charge in [-0.1, -0.05) is 12.1 Å². The van der Waals surface area contributed by atoms with Gasteiger partial charge in [0.2, 0.25) is 0 Å². The Morgan fingerprint density at radius 3 is 2.62 bits per heavy atom. The Morgan fingerprint density at radius 1 is 1.08 bits per heavy atom. The second-order valence-corrected chi connectivity index (χ2v) is 7.02. The lowest BCUT2D eigenvalue weighted by Crippen LogP contribution is -2.38. The number of ether oxygens (including phenoxy) is 1. The predicted molar refractivity (Wildman–Crippen MR) is 98.2 cm³/mol. The number of nitrogens with zero attached hydrogens (tertiary/aromatic N) is 4. The minimum atomic E-state index is -0.231. The maximum Gasteiger partial charge on any atom is 0.165 e. The fourth-order valence-corrected chi connectivity index (χ4v) is 4.17. The molecule has 5 nitrogen and oxygen atoms in total. The first kappa shape index (κ1) is 15.8. The SMILES string of the molecule is Cc1nn2c(N3CCOCC3)c3c(nc2c1-c1ccc(F)cc1)CCC3. The monoisotopic (exact) mass is 352 g/mol. The molecular weight excluding hydrogens is 331 g/mol. The third kappa shape index (κ3) is 2.40. The Bertz CT molecular complexity index is 974. The van der Waals surface area contributed by atoms with E-state index in [0.29, 0.717) is 0 Å². The molecule has 2 aliphatic rings. The number of fused-ring (bicyclic) bond motifs is 2. The van der Waals surface area contributed by atoms with Gasteiger partial charge in [0.15, 0.2) is 5.65 Å². The first-order valence-corrected chi connectivity index (χ1v) is 9.22. The molecule has 0 N–H and O–H groups in total. The quantitative estimate of drug-likeness (QED) is 0.710. The van der Waals surface area contributed by atoms with Gasteiger partial charge in [-0.25, -0.2) is 9.37 Å². The Morgan fingerprint density at radius 2 is 1.85 bits per heavy atom. The summed E-state index contributed by atoms with van der Waals surface area (Å²) in [6.07, 6.45) is 3.20. The van der Waals surface area contributed by atoms with Crippen molar-refractivity contribution in [2.75, 3.05) is 31.2 Å². The highest BCUT2D eigenvalue weighted by atomic mass is 19.1. The zero-order chi connectivity index (χ0) is 17.7. The van der Waals surface area contributed by atoms with Crippen molar-refractivity contribution in [1.29, 1.82) is 0 Å². The van der Waals surface area contributed by atoms with Crippen molar-refractivity contribution in [3.05, 3.63) is 47.0 Å². The van der Waals surface area contributed by atoms with Crippen LogP contribution in [0.2, 0.25) is 0 Å². The normalized spacial score (nSPS) is 17.1. The molecule has 3 heterocycles. The van der Waals surface area contributed by atoms with Crippen molar-refractivity contribution in [2.24, 2.45) is 0 Å². The van der Waals surface area contributed by atoms with E-state index in [4.69, 9.17) is 14.8 Å². The standard InChI is InChI=1S/C20H21FN4O/c1-13-18(14-5-7-15(21)8-6-14)19-22-17-4-2-3-16(17)20(25(19)23-13)24-9-11-26-12-10-24/h5-8H,2-4,9-12H2,1H3. The molecule has 2 aromatic heterocycles. The topological polar surface area (TPSA) is 42.7 Å². The summed E-state index contributed by atoms with van der Waals surface area (Å²) >= 11 is 0. The van der Waals surface area contributed by atoms with Gasteiger partial charge >= 0.3 is 0 Å². The smallest absolute Gasteiger partial charge is 0.165 e. The Balaban J connectivity index is 1.76. The lowest BCUT2D eigenvalue weighted by molar-refractivity contribution is 0.122. The zero-order valence-corrected chi connectivity index (χ0v) is 14.8. The molecule has 1 saturated heterocycles. The van der Waals surface area contributed by atoms with E-state index in [1.54, 1.807) is 0 Å². The second-order valence-electron chi connectivity index (χ2n) is 7.02. The molecular formula is C20H21FN4O. The number of hydrogen-bond acceptors (Lipinski definition) is 4. The molecule has 26 heavy (non-hydrogen) atoms. The van der Waals surface area contributed by atoms with Crippen LogP contribution in [0, 0.1) is 12.7 Å². The summed E-state index contributed by atoms with van der Waals surface area (Å²) < 4.78 is 20.9. The van der Waals surface area contributed by atoms with Crippen molar-refractivity contribution in [3.63, 3.8) is 0 Å². The van der Waals surface area contributed by atoms with Crippen LogP contribution in [0.1, 0.15) is 23.4 Å². The van der Waals surface area contributed by atoms with Crippen molar-refractivity contribution in [1.82, 2.24) is 14.6 Å². The van der Waals surface area contributed by atoms with E-state index in [9.17, 15) is 4.39 Å². The lowest BCUT2D eigenvalue weighted by atomic mass is 10.1. The summed E-state index contributed by atoms with van der Waals surface area (Å²) in [6.45, 7) is 5.22. The lowest BCUT2D eigenvalue weighted by Gasteiger charge is -2.30. The second kappa shape index (κ2) is 6.06. The molecule has 5 rings (SSSR count). The zero-order valence-electron chi connectivity index (χ0n) is 14.8. The van der Waals surface area contributed by atoms with Gasteiger partial charge < -0.3 is 9.64 Å². The van der Waals surface area contributed by atoms with Crippen molar-refractivity contribution in [2.45, 2.75) is 26.2 Å². The van der Waals surface area contributed by atoms with Gasteiger partial charge in [-0.05, 0) is 43.9 Å². The summed E-state index contributed by atoms with van der Waals surface area (Å²) in [5.41, 5.74) is 6.25. The van der Waals surface area contributed by atoms with Gasteiger partial charge in [0, 0.05) is 29.9 Å². The summed E-state index contributed by atoms with van der Waals surface area (Å²) in [7, 11) is 0. The molecule has 1 aliphatic carbocycles. The maximum atomic E-state index is 13.4. The van der Waals surface area contributed by atoms with E-state index in [1.165, 1.54) is 29.2 Å². The number of benzene rings is 1. The summed E-state index contributed by atoms with van der Waals surface area (Å²) in [6, 6.07) is 6.61. The van der Waals surface area contributed by atoms with Crippen LogP contribution in [0.5, 0.6) is 0 Å². The average Bonchev–Trinajstić information content (AvgIpc) is 3.24. The first-order chi connectivity index (χ1) is 12.7. The highest BCUT2D eigenvalue weighted by Gasteiger charge is 2.27. The first-order valence-electron chi connectivity index (χ1n) is 9.22. The highest BCUT2D eigenvalue weighted by molar-refractivity contribution is 5.81. The minimum absolute atomic E-state index is 0.231. The van der Waals surface area contributed by atoms with E-state index >= 15 is 0 Å². The van der Waals surface area contributed by atoms with Crippen molar-refractivity contribution < 1.29 is 9.13 Å². The molecule has 1 fully saturated rings. The fourth-order valence-electron chi connectivity index (χ4n) is 4.17. The van der Waals surface area contributed by atoms with Crippen molar-refractivity contribution >= 4 is 11.5 Å².